The first-order valence-corrected chi connectivity index (χ1v) is 9.79. The number of nitrogens with zero attached hydrogens (tertiary/aromatic N) is 3. The first-order chi connectivity index (χ1) is 14.6. The first-order valence-electron chi connectivity index (χ1n) is 9.79. The van der Waals surface area contributed by atoms with Crippen LogP contribution in [0.15, 0.2) is 47.0 Å². The molecule has 0 bridgehead atoms. The van der Waals surface area contributed by atoms with E-state index in [9.17, 15) is 4.79 Å². The summed E-state index contributed by atoms with van der Waals surface area (Å²) >= 11 is 0. The Kier molecular flexibility index (Phi) is 5.56. The molecule has 1 atom stereocenters. The van der Waals surface area contributed by atoms with Gasteiger partial charge in [-0.15, -0.1) is 0 Å². The van der Waals surface area contributed by atoms with Crippen molar-refractivity contribution in [2.24, 2.45) is 0 Å². The molecule has 156 valence electrons. The third kappa shape index (κ3) is 3.94. The number of carbonyl (C=O) groups is 1. The Bertz CT molecular complexity index is 1030. The third-order valence-electron chi connectivity index (χ3n) is 5.20. The Balaban J connectivity index is 1.51. The molecule has 1 aliphatic rings. The van der Waals surface area contributed by atoms with Crippen molar-refractivity contribution in [2.45, 2.75) is 25.8 Å². The number of hydrogen-bond acceptors (Lipinski definition) is 6. The molecular weight excluding hydrogens is 384 g/mol. The van der Waals surface area contributed by atoms with Gasteiger partial charge in [-0.25, -0.2) is 4.79 Å². The second kappa shape index (κ2) is 8.44. The number of anilines is 1. The maximum atomic E-state index is 13.0. The number of methoxy groups -OCH3 is 2. The van der Waals surface area contributed by atoms with E-state index in [1.54, 1.807) is 37.3 Å². The van der Waals surface area contributed by atoms with Gasteiger partial charge in [0.2, 0.25) is 11.7 Å². The number of ether oxygens (including phenoxy) is 2. The summed E-state index contributed by atoms with van der Waals surface area (Å²) in [5, 5.41) is 7.02. The molecule has 8 nitrogen and oxygen atoms in total. The van der Waals surface area contributed by atoms with Crippen LogP contribution in [-0.2, 0) is 0 Å². The molecule has 2 heterocycles. The largest absolute Gasteiger partial charge is 0.497 e. The summed E-state index contributed by atoms with van der Waals surface area (Å²) in [6, 6.07) is 12.7. The zero-order chi connectivity index (χ0) is 21.1. The molecule has 30 heavy (non-hydrogen) atoms. The second-order valence-electron chi connectivity index (χ2n) is 7.17. The summed E-state index contributed by atoms with van der Waals surface area (Å²) in [4.78, 5) is 19.2. The highest BCUT2D eigenvalue weighted by Crippen LogP contribution is 2.34. The van der Waals surface area contributed by atoms with Crippen molar-refractivity contribution < 1.29 is 18.8 Å². The van der Waals surface area contributed by atoms with Gasteiger partial charge >= 0.3 is 6.03 Å². The topological polar surface area (TPSA) is 89.7 Å². The lowest BCUT2D eigenvalue weighted by atomic mass is 10.1. The molecule has 0 spiro atoms. The fraction of sp³-hybridized carbons (Fsp3) is 0.318. The molecule has 0 saturated carbocycles. The summed E-state index contributed by atoms with van der Waals surface area (Å²) < 4.78 is 16.1. The minimum Gasteiger partial charge on any atom is -0.497 e. The number of benzene rings is 2. The van der Waals surface area contributed by atoms with Gasteiger partial charge in [0, 0.05) is 18.2 Å². The monoisotopic (exact) mass is 408 g/mol. The second-order valence-corrected chi connectivity index (χ2v) is 7.17. The molecule has 0 aliphatic carbocycles. The summed E-state index contributed by atoms with van der Waals surface area (Å²) in [6.45, 7) is 2.63. The zero-order valence-electron chi connectivity index (χ0n) is 17.2. The number of rotatable bonds is 5. The fourth-order valence-corrected chi connectivity index (χ4v) is 3.55. The zero-order valence-corrected chi connectivity index (χ0v) is 17.2. The Morgan fingerprint density at radius 3 is 2.70 bits per heavy atom. The van der Waals surface area contributed by atoms with Crippen LogP contribution in [0.3, 0.4) is 0 Å². The van der Waals surface area contributed by atoms with E-state index in [1.807, 2.05) is 31.2 Å². The van der Waals surface area contributed by atoms with E-state index in [0.29, 0.717) is 35.4 Å². The van der Waals surface area contributed by atoms with Crippen LogP contribution in [0.1, 0.15) is 30.3 Å². The standard InChI is InChI=1S/C22H24N4O4/c1-14-6-8-15(9-7-14)20-24-21(30-25-20)18-5-4-12-26(18)22(27)23-17-11-10-16(28-2)13-19(17)29-3/h6-11,13,18H,4-5,12H2,1-3H3,(H,23,27). The van der Waals surface area contributed by atoms with Crippen molar-refractivity contribution in [3.8, 4) is 22.9 Å². The molecule has 2 aromatic carbocycles. The Hall–Kier alpha value is -3.55. The smallest absolute Gasteiger partial charge is 0.322 e. The molecule has 1 aliphatic heterocycles. The lowest BCUT2D eigenvalue weighted by Crippen LogP contribution is -2.34. The molecule has 8 heteroatoms. The summed E-state index contributed by atoms with van der Waals surface area (Å²) in [6.07, 6.45) is 1.63. The summed E-state index contributed by atoms with van der Waals surface area (Å²) in [7, 11) is 3.13. The predicted molar refractivity (Wildman–Crippen MR) is 112 cm³/mol. The van der Waals surface area contributed by atoms with Gasteiger partial charge in [-0.1, -0.05) is 35.0 Å². The van der Waals surface area contributed by atoms with E-state index in [4.69, 9.17) is 14.0 Å². The van der Waals surface area contributed by atoms with Gasteiger partial charge in [-0.2, -0.15) is 4.98 Å². The van der Waals surface area contributed by atoms with Crippen LogP contribution in [0.25, 0.3) is 11.4 Å². The van der Waals surface area contributed by atoms with Gasteiger partial charge in [-0.05, 0) is 31.9 Å². The van der Waals surface area contributed by atoms with E-state index in [-0.39, 0.29) is 12.1 Å². The van der Waals surface area contributed by atoms with Crippen molar-refractivity contribution in [2.75, 3.05) is 26.1 Å². The maximum Gasteiger partial charge on any atom is 0.322 e. The predicted octanol–water partition coefficient (Wildman–Crippen LogP) is 4.43. The summed E-state index contributed by atoms with van der Waals surface area (Å²) in [5.41, 5.74) is 2.61. The molecule has 1 unspecified atom stereocenters. The molecule has 1 fully saturated rings. The quantitative estimate of drug-likeness (QED) is 0.672. The van der Waals surface area contributed by atoms with Crippen LogP contribution in [0.5, 0.6) is 11.5 Å². The molecule has 4 rings (SSSR count). The highest BCUT2D eigenvalue weighted by molar-refractivity contribution is 5.91. The lowest BCUT2D eigenvalue weighted by molar-refractivity contribution is 0.193. The number of urea groups is 1. The van der Waals surface area contributed by atoms with Crippen molar-refractivity contribution in [3.05, 3.63) is 53.9 Å². The third-order valence-corrected chi connectivity index (χ3v) is 5.20. The van der Waals surface area contributed by atoms with Gasteiger partial charge in [0.05, 0.1) is 19.9 Å². The van der Waals surface area contributed by atoms with Crippen molar-refractivity contribution in [1.29, 1.82) is 0 Å². The van der Waals surface area contributed by atoms with Gasteiger partial charge < -0.3 is 24.2 Å². The number of carbonyl (C=O) groups excluding carboxylic acids is 1. The minimum absolute atomic E-state index is 0.240. The average Bonchev–Trinajstić information content (AvgIpc) is 3.44. The highest BCUT2D eigenvalue weighted by atomic mass is 16.5. The van der Waals surface area contributed by atoms with Gasteiger partial charge in [0.1, 0.15) is 17.5 Å². The molecule has 2 amide bonds. The minimum atomic E-state index is -0.263. The van der Waals surface area contributed by atoms with E-state index >= 15 is 0 Å². The SMILES string of the molecule is COc1ccc(NC(=O)N2CCCC2c2nc(-c3ccc(C)cc3)no2)c(OC)c1. The maximum absolute atomic E-state index is 13.0. The van der Waals surface area contributed by atoms with E-state index in [1.165, 1.54) is 0 Å². The number of aromatic nitrogens is 2. The van der Waals surface area contributed by atoms with Crippen LogP contribution in [0.2, 0.25) is 0 Å². The average molecular weight is 408 g/mol. The molecule has 1 N–H and O–H groups in total. The molecular formula is C22H24N4O4. The van der Waals surface area contributed by atoms with E-state index in [2.05, 4.69) is 15.5 Å². The van der Waals surface area contributed by atoms with E-state index in [0.717, 1.165) is 24.0 Å². The molecule has 1 saturated heterocycles. The number of nitrogens with one attached hydrogen (secondary N) is 1. The number of amides is 2. The van der Waals surface area contributed by atoms with Gasteiger partial charge in [0.15, 0.2) is 0 Å². The lowest BCUT2D eigenvalue weighted by Gasteiger charge is -2.23. The summed E-state index contributed by atoms with van der Waals surface area (Å²) in [5.74, 6) is 2.14. The Labute approximate surface area is 174 Å². The Morgan fingerprint density at radius 1 is 1.17 bits per heavy atom. The van der Waals surface area contributed by atoms with Crippen LogP contribution < -0.4 is 14.8 Å². The Morgan fingerprint density at radius 2 is 1.97 bits per heavy atom. The van der Waals surface area contributed by atoms with Gasteiger partial charge in [-0.3, -0.25) is 0 Å². The van der Waals surface area contributed by atoms with Crippen LogP contribution in [0, 0.1) is 6.92 Å². The van der Waals surface area contributed by atoms with Crippen LogP contribution in [-0.4, -0.2) is 41.8 Å². The fourth-order valence-electron chi connectivity index (χ4n) is 3.55. The number of aryl methyl sites for hydroxylation is 1. The van der Waals surface area contributed by atoms with Crippen LogP contribution >= 0.6 is 0 Å². The van der Waals surface area contributed by atoms with Gasteiger partial charge in [0.25, 0.3) is 0 Å². The molecule has 0 radical (unpaired) electrons. The van der Waals surface area contributed by atoms with Crippen LogP contribution in [0.4, 0.5) is 10.5 Å². The number of hydrogen-bond donors (Lipinski definition) is 1. The molecule has 3 aromatic rings. The van der Waals surface area contributed by atoms with Crippen molar-refractivity contribution >= 4 is 11.7 Å². The first kappa shape index (κ1) is 19.8. The normalized spacial score (nSPS) is 15.8. The highest BCUT2D eigenvalue weighted by Gasteiger charge is 2.34. The number of likely N-dealkylation sites (tertiary alicyclic amines) is 1. The van der Waals surface area contributed by atoms with Crippen molar-refractivity contribution in [1.82, 2.24) is 15.0 Å². The van der Waals surface area contributed by atoms with E-state index < -0.39 is 0 Å². The van der Waals surface area contributed by atoms with Crippen molar-refractivity contribution in [3.63, 3.8) is 0 Å². The molecule has 1 aromatic heterocycles.